The Bertz CT molecular complexity index is 465. The van der Waals surface area contributed by atoms with Crippen LogP contribution in [0.25, 0.3) is 0 Å². The molecule has 0 bridgehead atoms. The van der Waals surface area contributed by atoms with E-state index in [0.29, 0.717) is 19.1 Å². The molecule has 4 nitrogen and oxygen atoms in total. The lowest BCUT2D eigenvalue weighted by Crippen LogP contribution is -2.46. The van der Waals surface area contributed by atoms with Gasteiger partial charge in [-0.25, -0.2) is 0 Å². The summed E-state index contributed by atoms with van der Waals surface area (Å²) in [4.78, 5) is 12.3. The predicted octanol–water partition coefficient (Wildman–Crippen LogP) is 2.15. The lowest BCUT2D eigenvalue weighted by atomic mass is 9.95. The summed E-state index contributed by atoms with van der Waals surface area (Å²) in [6, 6.07) is 7.95. The quantitative estimate of drug-likeness (QED) is 0.875. The molecule has 1 heterocycles. The maximum absolute atomic E-state index is 12.3. The Morgan fingerprint density at radius 3 is 2.81 bits per heavy atom. The summed E-state index contributed by atoms with van der Waals surface area (Å²) in [5.74, 6) is 1.35. The van der Waals surface area contributed by atoms with Gasteiger partial charge in [0.15, 0.2) is 0 Å². The number of hydrogen-bond acceptors (Lipinski definition) is 3. The molecule has 0 saturated carbocycles. The van der Waals surface area contributed by atoms with Crippen molar-refractivity contribution in [3.05, 3.63) is 29.8 Å². The molecular weight excluding hydrogens is 288 g/mol. The Balaban J connectivity index is 0.00000220. The van der Waals surface area contributed by atoms with Crippen LogP contribution >= 0.6 is 12.4 Å². The van der Waals surface area contributed by atoms with Gasteiger partial charge in [0.2, 0.25) is 5.91 Å². The van der Waals surface area contributed by atoms with E-state index in [0.717, 1.165) is 24.2 Å². The molecule has 3 N–H and O–H groups in total. The van der Waals surface area contributed by atoms with Crippen molar-refractivity contribution in [3.8, 4) is 5.75 Å². The molecule has 1 aliphatic rings. The second-order valence-electron chi connectivity index (χ2n) is 5.89. The lowest BCUT2D eigenvalue weighted by molar-refractivity contribution is -0.127. The molecule has 0 aromatic heterocycles. The van der Waals surface area contributed by atoms with Crippen LogP contribution in [0.5, 0.6) is 5.75 Å². The third kappa shape index (κ3) is 4.90. The maximum Gasteiger partial charge on any atom is 0.227 e. The molecule has 0 spiro atoms. The van der Waals surface area contributed by atoms with Gasteiger partial charge in [-0.1, -0.05) is 32.0 Å². The summed E-state index contributed by atoms with van der Waals surface area (Å²) in [5.41, 5.74) is 6.83. The van der Waals surface area contributed by atoms with Gasteiger partial charge in [-0.05, 0) is 30.4 Å². The summed E-state index contributed by atoms with van der Waals surface area (Å²) in [5, 5.41) is 3.05. The van der Waals surface area contributed by atoms with Crippen LogP contribution in [0.4, 0.5) is 0 Å². The highest BCUT2D eigenvalue weighted by Crippen LogP contribution is 2.26. The number of carbonyl (C=O) groups excluding carboxylic acids is 1. The number of hydrogen-bond donors (Lipinski definition) is 2. The molecule has 0 aliphatic carbocycles. The van der Waals surface area contributed by atoms with Crippen molar-refractivity contribution in [2.45, 2.75) is 32.7 Å². The second-order valence-corrected chi connectivity index (χ2v) is 5.89. The molecule has 1 aromatic carbocycles. The normalized spacial score (nSPS) is 18.2. The van der Waals surface area contributed by atoms with Crippen LogP contribution in [0.15, 0.2) is 24.3 Å². The number of ether oxygens (including phenoxy) is 1. The first kappa shape index (κ1) is 17.8. The molecule has 118 valence electrons. The Morgan fingerprint density at radius 1 is 1.43 bits per heavy atom. The average molecular weight is 313 g/mol. The zero-order valence-corrected chi connectivity index (χ0v) is 13.5. The fourth-order valence-electron chi connectivity index (χ4n) is 2.60. The molecule has 1 aromatic rings. The topological polar surface area (TPSA) is 64.3 Å². The Labute approximate surface area is 132 Å². The summed E-state index contributed by atoms with van der Waals surface area (Å²) in [6.45, 7) is 5.19. The summed E-state index contributed by atoms with van der Waals surface area (Å²) in [6.07, 6.45) is 1.65. The average Bonchev–Trinajstić information content (AvgIpc) is 2.45. The zero-order chi connectivity index (χ0) is 14.5. The minimum absolute atomic E-state index is 0. The van der Waals surface area contributed by atoms with Crippen molar-refractivity contribution in [1.29, 1.82) is 0 Å². The van der Waals surface area contributed by atoms with Gasteiger partial charge in [0.25, 0.3) is 0 Å². The van der Waals surface area contributed by atoms with Crippen LogP contribution in [0.1, 0.15) is 25.8 Å². The molecule has 1 aliphatic heterocycles. The largest absolute Gasteiger partial charge is 0.492 e. The van der Waals surface area contributed by atoms with Gasteiger partial charge < -0.3 is 15.8 Å². The van der Waals surface area contributed by atoms with Crippen molar-refractivity contribution in [2.24, 2.45) is 17.6 Å². The summed E-state index contributed by atoms with van der Waals surface area (Å²) >= 11 is 0. The van der Waals surface area contributed by atoms with E-state index in [4.69, 9.17) is 10.5 Å². The van der Waals surface area contributed by atoms with E-state index >= 15 is 0 Å². The summed E-state index contributed by atoms with van der Waals surface area (Å²) in [7, 11) is 0. The Hall–Kier alpha value is -1.26. The van der Waals surface area contributed by atoms with E-state index in [1.54, 1.807) is 0 Å². The number of rotatable bonds is 5. The van der Waals surface area contributed by atoms with Gasteiger partial charge in [-0.2, -0.15) is 0 Å². The van der Waals surface area contributed by atoms with Gasteiger partial charge in [-0.15, -0.1) is 12.4 Å². The molecule has 2 atom stereocenters. The van der Waals surface area contributed by atoms with Gasteiger partial charge >= 0.3 is 0 Å². The lowest BCUT2D eigenvalue weighted by Gasteiger charge is -2.27. The SMILES string of the molecule is CC(C)CC(CN)NC(=O)C1COc2ccccc2C1.Cl. The third-order valence-electron chi connectivity index (χ3n) is 3.64. The van der Waals surface area contributed by atoms with Crippen molar-refractivity contribution in [3.63, 3.8) is 0 Å². The number of nitrogens with two attached hydrogens (primary N) is 1. The number of para-hydroxylation sites is 1. The number of carbonyl (C=O) groups is 1. The predicted molar refractivity (Wildman–Crippen MR) is 86.8 cm³/mol. The van der Waals surface area contributed by atoms with E-state index in [2.05, 4.69) is 19.2 Å². The smallest absolute Gasteiger partial charge is 0.227 e. The minimum atomic E-state index is -0.119. The second kappa shape index (κ2) is 8.25. The zero-order valence-electron chi connectivity index (χ0n) is 12.7. The fraction of sp³-hybridized carbons (Fsp3) is 0.562. The number of amides is 1. The molecule has 5 heteroatoms. The first-order valence-electron chi connectivity index (χ1n) is 7.31. The molecule has 2 unspecified atom stereocenters. The molecule has 0 saturated heterocycles. The van der Waals surface area contributed by atoms with E-state index in [9.17, 15) is 4.79 Å². The first-order valence-corrected chi connectivity index (χ1v) is 7.31. The highest BCUT2D eigenvalue weighted by Gasteiger charge is 2.27. The van der Waals surface area contributed by atoms with E-state index in [-0.39, 0.29) is 30.3 Å². The van der Waals surface area contributed by atoms with Crippen LogP contribution in [-0.4, -0.2) is 25.1 Å². The van der Waals surface area contributed by atoms with E-state index in [1.165, 1.54) is 0 Å². The van der Waals surface area contributed by atoms with Crippen LogP contribution in [0.2, 0.25) is 0 Å². The van der Waals surface area contributed by atoms with E-state index < -0.39 is 0 Å². The van der Waals surface area contributed by atoms with Crippen LogP contribution in [0.3, 0.4) is 0 Å². The van der Waals surface area contributed by atoms with Gasteiger partial charge in [0.1, 0.15) is 12.4 Å². The molecule has 0 fully saturated rings. The monoisotopic (exact) mass is 312 g/mol. The fourth-order valence-corrected chi connectivity index (χ4v) is 2.60. The minimum Gasteiger partial charge on any atom is -0.492 e. The van der Waals surface area contributed by atoms with Crippen molar-refractivity contribution < 1.29 is 9.53 Å². The molecule has 0 radical (unpaired) electrons. The van der Waals surface area contributed by atoms with Gasteiger partial charge in [-0.3, -0.25) is 4.79 Å². The van der Waals surface area contributed by atoms with Crippen LogP contribution in [-0.2, 0) is 11.2 Å². The van der Waals surface area contributed by atoms with Gasteiger partial charge in [0.05, 0.1) is 5.92 Å². The number of benzene rings is 1. The number of fused-ring (bicyclic) bond motifs is 1. The number of halogens is 1. The van der Waals surface area contributed by atoms with Crippen molar-refractivity contribution in [1.82, 2.24) is 5.32 Å². The summed E-state index contributed by atoms with van der Waals surface area (Å²) < 4.78 is 5.66. The molecular formula is C16H25ClN2O2. The van der Waals surface area contributed by atoms with Crippen LogP contribution < -0.4 is 15.8 Å². The van der Waals surface area contributed by atoms with Crippen molar-refractivity contribution in [2.75, 3.05) is 13.2 Å². The van der Waals surface area contributed by atoms with E-state index in [1.807, 2.05) is 24.3 Å². The standard InChI is InChI=1S/C16H24N2O2.ClH/c1-11(2)7-14(9-17)18-16(19)13-8-12-5-3-4-6-15(12)20-10-13;/h3-6,11,13-14H,7-10,17H2,1-2H3,(H,18,19);1H. The Kier molecular flexibility index (Phi) is 6.99. The van der Waals surface area contributed by atoms with Crippen LogP contribution in [0, 0.1) is 11.8 Å². The Morgan fingerprint density at radius 2 is 2.14 bits per heavy atom. The maximum atomic E-state index is 12.3. The third-order valence-corrected chi connectivity index (χ3v) is 3.64. The molecule has 2 rings (SSSR count). The highest BCUT2D eigenvalue weighted by molar-refractivity contribution is 5.85. The first-order chi connectivity index (χ1) is 9.60. The van der Waals surface area contributed by atoms with Crippen molar-refractivity contribution >= 4 is 18.3 Å². The molecule has 21 heavy (non-hydrogen) atoms. The molecule has 1 amide bonds. The van der Waals surface area contributed by atoms with Gasteiger partial charge in [0, 0.05) is 12.6 Å². The highest BCUT2D eigenvalue weighted by atomic mass is 35.5. The number of nitrogens with one attached hydrogen (secondary N) is 1.